The molecule has 0 radical (unpaired) electrons. The summed E-state index contributed by atoms with van der Waals surface area (Å²) in [6.45, 7) is -0.249. The largest absolute Gasteiger partial charge is 0.375 e. The molecule has 0 aromatic heterocycles. The van der Waals surface area contributed by atoms with Crippen molar-refractivity contribution in [3.05, 3.63) is 29.6 Å². The molecule has 15 heavy (non-hydrogen) atoms. The Morgan fingerprint density at radius 1 is 1.33 bits per heavy atom. The highest BCUT2D eigenvalue weighted by atomic mass is 19.2. The zero-order valence-corrected chi connectivity index (χ0v) is 7.81. The van der Waals surface area contributed by atoms with Crippen LogP contribution in [0.2, 0.25) is 0 Å². The summed E-state index contributed by atoms with van der Waals surface area (Å²) in [6, 6.07) is 1.37. The molecule has 0 saturated heterocycles. The monoisotopic (exact) mass is 219 g/mol. The Kier molecular flexibility index (Phi) is 3.68. The highest BCUT2D eigenvalue weighted by Gasteiger charge is 2.11. The third-order valence-corrected chi connectivity index (χ3v) is 1.54. The van der Waals surface area contributed by atoms with Crippen molar-refractivity contribution >= 4 is 11.6 Å². The third kappa shape index (κ3) is 2.95. The number of amides is 1. The van der Waals surface area contributed by atoms with Gasteiger partial charge in [-0.15, -0.1) is 0 Å². The van der Waals surface area contributed by atoms with E-state index in [1.165, 1.54) is 7.11 Å². The number of ether oxygens (including phenoxy) is 1. The molecule has 0 spiro atoms. The van der Waals surface area contributed by atoms with Crippen molar-refractivity contribution in [2.45, 2.75) is 0 Å². The molecule has 0 bridgehead atoms. The summed E-state index contributed by atoms with van der Waals surface area (Å²) in [5, 5.41) is 2.14. The maximum Gasteiger partial charge on any atom is 0.250 e. The minimum Gasteiger partial charge on any atom is -0.375 e. The van der Waals surface area contributed by atoms with E-state index in [0.29, 0.717) is 12.1 Å². The predicted molar refractivity (Wildman–Crippen MR) is 46.8 cm³/mol. The molecule has 6 heteroatoms. The van der Waals surface area contributed by atoms with E-state index >= 15 is 0 Å². The van der Waals surface area contributed by atoms with Gasteiger partial charge < -0.3 is 10.1 Å². The van der Waals surface area contributed by atoms with Crippen LogP contribution in [0.4, 0.5) is 18.9 Å². The number of nitrogens with one attached hydrogen (secondary N) is 1. The number of benzene rings is 1. The molecule has 0 heterocycles. The Balaban J connectivity index is 2.83. The van der Waals surface area contributed by atoms with Crippen molar-refractivity contribution in [3.63, 3.8) is 0 Å². The Bertz CT molecular complexity index is 359. The van der Waals surface area contributed by atoms with Crippen LogP contribution in [0.25, 0.3) is 0 Å². The standard InChI is InChI=1S/C9H8F3NO2/c1-15-4-8(14)13-5-2-6(10)9(12)7(11)3-5/h2-3H,4H2,1H3,(H,13,14). The van der Waals surface area contributed by atoms with Crippen molar-refractivity contribution in [1.29, 1.82) is 0 Å². The number of anilines is 1. The normalized spacial score (nSPS) is 10.1. The minimum atomic E-state index is -1.57. The zero-order chi connectivity index (χ0) is 11.4. The van der Waals surface area contributed by atoms with Crippen molar-refractivity contribution in [2.75, 3.05) is 19.0 Å². The van der Waals surface area contributed by atoms with Crippen LogP contribution < -0.4 is 5.32 Å². The second kappa shape index (κ2) is 4.79. The lowest BCUT2D eigenvalue weighted by molar-refractivity contribution is -0.119. The van der Waals surface area contributed by atoms with Gasteiger partial charge in [-0.3, -0.25) is 4.79 Å². The average molecular weight is 219 g/mol. The molecule has 1 aromatic carbocycles. The van der Waals surface area contributed by atoms with Gasteiger partial charge in [-0.2, -0.15) is 0 Å². The third-order valence-electron chi connectivity index (χ3n) is 1.54. The van der Waals surface area contributed by atoms with Crippen molar-refractivity contribution in [3.8, 4) is 0 Å². The molecule has 0 atom stereocenters. The summed E-state index contributed by atoms with van der Waals surface area (Å²) in [5.74, 6) is -4.87. The maximum atomic E-state index is 12.7. The highest BCUT2D eigenvalue weighted by Crippen LogP contribution is 2.17. The second-order valence-corrected chi connectivity index (χ2v) is 2.74. The van der Waals surface area contributed by atoms with E-state index in [1.807, 2.05) is 0 Å². The van der Waals surface area contributed by atoms with E-state index in [2.05, 4.69) is 10.1 Å². The molecule has 0 saturated carbocycles. The average Bonchev–Trinajstić information content (AvgIpc) is 2.14. The van der Waals surface area contributed by atoms with Gasteiger partial charge in [0.1, 0.15) is 6.61 Å². The van der Waals surface area contributed by atoms with E-state index in [-0.39, 0.29) is 12.3 Å². The quantitative estimate of drug-likeness (QED) is 0.785. The number of hydrogen-bond donors (Lipinski definition) is 1. The molecule has 0 aliphatic carbocycles. The smallest absolute Gasteiger partial charge is 0.250 e. The Hall–Kier alpha value is -1.56. The molecular weight excluding hydrogens is 211 g/mol. The van der Waals surface area contributed by atoms with Crippen LogP contribution in [-0.4, -0.2) is 19.6 Å². The van der Waals surface area contributed by atoms with Gasteiger partial charge in [0.15, 0.2) is 17.5 Å². The summed E-state index contributed by atoms with van der Waals surface area (Å²) in [5.41, 5.74) is -0.159. The first-order chi connectivity index (χ1) is 7.04. The predicted octanol–water partition coefficient (Wildman–Crippen LogP) is 1.69. The van der Waals surface area contributed by atoms with Gasteiger partial charge in [-0.1, -0.05) is 0 Å². The SMILES string of the molecule is COCC(=O)Nc1cc(F)c(F)c(F)c1. The fourth-order valence-electron chi connectivity index (χ4n) is 0.956. The summed E-state index contributed by atoms with van der Waals surface area (Å²) in [4.78, 5) is 10.9. The Morgan fingerprint density at radius 3 is 2.33 bits per heavy atom. The number of carbonyl (C=O) groups excluding carboxylic acids is 1. The summed E-state index contributed by atoms with van der Waals surface area (Å²) < 4.78 is 42.4. The van der Waals surface area contributed by atoms with Crippen LogP contribution in [0.15, 0.2) is 12.1 Å². The molecule has 3 nitrogen and oxygen atoms in total. The maximum absolute atomic E-state index is 12.7. The number of methoxy groups -OCH3 is 1. The van der Waals surface area contributed by atoms with Crippen LogP contribution in [0.1, 0.15) is 0 Å². The van der Waals surface area contributed by atoms with Gasteiger partial charge in [0, 0.05) is 24.9 Å². The summed E-state index contributed by atoms with van der Waals surface area (Å²) in [7, 11) is 1.30. The van der Waals surface area contributed by atoms with Crippen LogP contribution in [0.5, 0.6) is 0 Å². The van der Waals surface area contributed by atoms with Crippen molar-refractivity contribution < 1.29 is 22.7 Å². The van der Waals surface area contributed by atoms with E-state index in [9.17, 15) is 18.0 Å². The number of halogens is 3. The lowest BCUT2D eigenvalue weighted by Crippen LogP contribution is -2.17. The zero-order valence-electron chi connectivity index (χ0n) is 7.81. The first kappa shape index (κ1) is 11.5. The summed E-state index contributed by atoms with van der Waals surface area (Å²) in [6.07, 6.45) is 0. The molecule has 1 aromatic rings. The van der Waals surface area contributed by atoms with Gasteiger partial charge in [0.2, 0.25) is 5.91 Å². The van der Waals surface area contributed by atoms with Crippen molar-refractivity contribution in [1.82, 2.24) is 0 Å². The van der Waals surface area contributed by atoms with Crippen LogP contribution >= 0.6 is 0 Å². The van der Waals surface area contributed by atoms with E-state index in [1.54, 1.807) is 0 Å². The van der Waals surface area contributed by atoms with E-state index in [4.69, 9.17) is 0 Å². The molecule has 0 aliphatic rings. The second-order valence-electron chi connectivity index (χ2n) is 2.74. The number of carbonyl (C=O) groups is 1. The lowest BCUT2D eigenvalue weighted by atomic mass is 10.3. The number of rotatable bonds is 3. The topological polar surface area (TPSA) is 38.3 Å². The number of hydrogen-bond acceptors (Lipinski definition) is 2. The molecule has 0 aliphatic heterocycles. The van der Waals surface area contributed by atoms with E-state index in [0.717, 1.165) is 0 Å². The fraction of sp³-hybridized carbons (Fsp3) is 0.222. The van der Waals surface area contributed by atoms with Gasteiger partial charge in [-0.05, 0) is 0 Å². The molecule has 1 N–H and O–H groups in total. The minimum absolute atomic E-state index is 0.159. The van der Waals surface area contributed by atoms with Crippen LogP contribution in [0, 0.1) is 17.5 Å². The lowest BCUT2D eigenvalue weighted by Gasteiger charge is -2.05. The van der Waals surface area contributed by atoms with Gasteiger partial charge in [0.25, 0.3) is 0 Å². The van der Waals surface area contributed by atoms with Gasteiger partial charge in [0.05, 0.1) is 0 Å². The molecular formula is C9H8F3NO2. The fourth-order valence-corrected chi connectivity index (χ4v) is 0.956. The van der Waals surface area contributed by atoms with Crippen LogP contribution in [-0.2, 0) is 9.53 Å². The van der Waals surface area contributed by atoms with Crippen molar-refractivity contribution in [2.24, 2.45) is 0 Å². The van der Waals surface area contributed by atoms with Crippen LogP contribution in [0.3, 0.4) is 0 Å². The molecule has 1 rings (SSSR count). The van der Waals surface area contributed by atoms with Gasteiger partial charge in [-0.25, -0.2) is 13.2 Å². The van der Waals surface area contributed by atoms with E-state index < -0.39 is 23.4 Å². The van der Waals surface area contributed by atoms with Gasteiger partial charge >= 0.3 is 0 Å². The molecule has 82 valence electrons. The highest BCUT2D eigenvalue weighted by molar-refractivity contribution is 5.91. The Labute approximate surface area is 83.8 Å². The first-order valence-corrected chi connectivity index (χ1v) is 3.98. The first-order valence-electron chi connectivity index (χ1n) is 3.98. The Morgan fingerprint density at radius 2 is 1.87 bits per heavy atom. The molecule has 0 unspecified atom stereocenters. The summed E-state index contributed by atoms with van der Waals surface area (Å²) >= 11 is 0. The molecule has 0 fully saturated rings. The molecule has 1 amide bonds.